The van der Waals surface area contributed by atoms with Crippen LogP contribution in [-0.4, -0.2) is 36.7 Å². The molecule has 1 aliphatic carbocycles. The topological polar surface area (TPSA) is 85.8 Å². The van der Waals surface area contributed by atoms with E-state index in [0.717, 1.165) is 56.0 Å². The molecular weight excluding hydrogens is 376 g/mol. The van der Waals surface area contributed by atoms with Gasteiger partial charge in [-0.05, 0) is 55.7 Å². The second-order valence-corrected chi connectivity index (χ2v) is 8.58. The molecule has 1 aliphatic rings. The number of carbonyl (C=O) groups excluding carboxylic acids is 1. The number of benzene rings is 1. The monoisotopic (exact) mass is 416 g/mol. The number of hydrogen-bond acceptors (Lipinski definition) is 3. The van der Waals surface area contributed by atoms with Crippen LogP contribution in [0.25, 0.3) is 0 Å². The Morgan fingerprint density at radius 2 is 1.97 bits per heavy atom. The third kappa shape index (κ3) is 7.63. The van der Waals surface area contributed by atoms with Gasteiger partial charge in [0.15, 0.2) is 5.96 Å². The molecule has 4 N–H and O–H groups in total. The number of aliphatic hydroxyl groups is 1. The number of anilines is 1. The molecule has 0 spiro atoms. The molecule has 1 saturated carbocycles. The van der Waals surface area contributed by atoms with Gasteiger partial charge in [0, 0.05) is 31.3 Å². The van der Waals surface area contributed by atoms with Crippen LogP contribution in [0, 0.1) is 11.3 Å². The first kappa shape index (κ1) is 24.2. The van der Waals surface area contributed by atoms with Gasteiger partial charge in [-0.15, -0.1) is 0 Å². The Morgan fingerprint density at radius 1 is 1.20 bits per heavy atom. The standard InChI is InChI=1S/C24H40N4O2/c1-4-19(3)22(30)28-21-11-9-10-20(16-21)17-26-23(25-5-2)27-18-24(14-15-29)12-7-6-8-13-24/h9-11,16,19,29H,4-8,12-15,17-18H2,1-3H3,(H,28,30)(H2,25,26,27). The maximum Gasteiger partial charge on any atom is 0.227 e. The zero-order valence-electron chi connectivity index (χ0n) is 19.0. The van der Waals surface area contributed by atoms with E-state index in [0.29, 0.717) is 6.54 Å². The minimum Gasteiger partial charge on any atom is -0.396 e. The molecule has 1 atom stereocenters. The lowest BCUT2D eigenvalue weighted by Crippen LogP contribution is -2.44. The van der Waals surface area contributed by atoms with Crippen molar-refractivity contribution in [2.24, 2.45) is 16.3 Å². The Balaban J connectivity index is 2.00. The summed E-state index contributed by atoms with van der Waals surface area (Å²) in [5.41, 5.74) is 2.04. The van der Waals surface area contributed by atoms with Gasteiger partial charge in [-0.25, -0.2) is 4.99 Å². The number of nitrogens with one attached hydrogen (secondary N) is 3. The summed E-state index contributed by atoms with van der Waals surface area (Å²) in [5, 5.41) is 19.4. The molecule has 0 aliphatic heterocycles. The van der Waals surface area contributed by atoms with Crippen LogP contribution in [0.2, 0.25) is 0 Å². The molecule has 0 saturated heterocycles. The third-order valence-corrected chi connectivity index (χ3v) is 6.21. The van der Waals surface area contributed by atoms with Crippen molar-refractivity contribution in [2.45, 2.75) is 72.3 Å². The van der Waals surface area contributed by atoms with Crippen LogP contribution < -0.4 is 16.0 Å². The Morgan fingerprint density at radius 3 is 2.63 bits per heavy atom. The summed E-state index contributed by atoms with van der Waals surface area (Å²) in [4.78, 5) is 16.9. The molecule has 0 heterocycles. The molecule has 30 heavy (non-hydrogen) atoms. The summed E-state index contributed by atoms with van der Waals surface area (Å²) in [6, 6.07) is 7.89. The van der Waals surface area contributed by atoms with Crippen molar-refractivity contribution in [2.75, 3.05) is 25.0 Å². The number of carbonyl (C=O) groups is 1. The second-order valence-electron chi connectivity index (χ2n) is 8.58. The van der Waals surface area contributed by atoms with Crippen LogP contribution in [0.5, 0.6) is 0 Å². The van der Waals surface area contributed by atoms with Crippen molar-refractivity contribution >= 4 is 17.6 Å². The van der Waals surface area contributed by atoms with E-state index in [2.05, 4.69) is 22.9 Å². The average Bonchev–Trinajstić information content (AvgIpc) is 2.76. The van der Waals surface area contributed by atoms with Gasteiger partial charge in [0.25, 0.3) is 0 Å². The van der Waals surface area contributed by atoms with Gasteiger partial charge in [0.05, 0.1) is 6.54 Å². The predicted octanol–water partition coefficient (Wildman–Crippen LogP) is 4.06. The predicted molar refractivity (Wildman–Crippen MR) is 125 cm³/mol. The van der Waals surface area contributed by atoms with E-state index in [1.165, 1.54) is 19.3 Å². The first-order valence-electron chi connectivity index (χ1n) is 11.5. The van der Waals surface area contributed by atoms with Gasteiger partial charge >= 0.3 is 0 Å². The quantitative estimate of drug-likeness (QED) is 0.342. The van der Waals surface area contributed by atoms with E-state index in [1.54, 1.807) is 0 Å². The summed E-state index contributed by atoms with van der Waals surface area (Å²) in [7, 11) is 0. The zero-order chi connectivity index (χ0) is 21.8. The molecular formula is C24H40N4O2. The molecule has 1 fully saturated rings. The maximum atomic E-state index is 12.1. The van der Waals surface area contributed by atoms with Gasteiger partial charge in [-0.1, -0.05) is 45.2 Å². The fourth-order valence-electron chi connectivity index (χ4n) is 4.04. The summed E-state index contributed by atoms with van der Waals surface area (Å²) >= 11 is 0. The molecule has 1 amide bonds. The number of amides is 1. The lowest BCUT2D eigenvalue weighted by atomic mass is 9.72. The van der Waals surface area contributed by atoms with E-state index >= 15 is 0 Å². The summed E-state index contributed by atoms with van der Waals surface area (Å²) in [6.07, 6.45) is 7.78. The molecule has 168 valence electrons. The van der Waals surface area contributed by atoms with Crippen LogP contribution in [0.1, 0.15) is 71.3 Å². The Bertz CT molecular complexity index is 678. The Kier molecular flexibility index (Phi) is 10.1. The van der Waals surface area contributed by atoms with E-state index < -0.39 is 0 Å². The van der Waals surface area contributed by atoms with Crippen molar-refractivity contribution in [3.63, 3.8) is 0 Å². The molecule has 0 bridgehead atoms. The Labute approximate surface area is 181 Å². The van der Waals surface area contributed by atoms with Gasteiger partial charge in [-0.2, -0.15) is 0 Å². The number of rotatable bonds is 10. The summed E-state index contributed by atoms with van der Waals surface area (Å²) < 4.78 is 0. The largest absolute Gasteiger partial charge is 0.396 e. The Hall–Kier alpha value is -2.08. The fraction of sp³-hybridized carbons (Fsp3) is 0.667. The molecule has 2 rings (SSSR count). The molecule has 6 heteroatoms. The van der Waals surface area contributed by atoms with Crippen LogP contribution in [0.3, 0.4) is 0 Å². The average molecular weight is 417 g/mol. The van der Waals surface area contributed by atoms with Gasteiger partial charge < -0.3 is 21.1 Å². The van der Waals surface area contributed by atoms with Gasteiger partial charge in [-0.3, -0.25) is 4.79 Å². The van der Waals surface area contributed by atoms with E-state index in [-0.39, 0.29) is 23.8 Å². The molecule has 0 radical (unpaired) electrons. The highest BCUT2D eigenvalue weighted by atomic mass is 16.3. The number of aliphatic imine (C=N–C) groups is 1. The fourth-order valence-corrected chi connectivity index (χ4v) is 4.04. The van der Waals surface area contributed by atoms with E-state index in [9.17, 15) is 9.90 Å². The van der Waals surface area contributed by atoms with Crippen LogP contribution >= 0.6 is 0 Å². The molecule has 0 aromatic heterocycles. The van der Waals surface area contributed by atoms with E-state index in [4.69, 9.17) is 4.99 Å². The normalized spacial score (nSPS) is 17.3. The highest BCUT2D eigenvalue weighted by Gasteiger charge is 2.31. The highest BCUT2D eigenvalue weighted by Crippen LogP contribution is 2.38. The van der Waals surface area contributed by atoms with Crippen LogP contribution in [-0.2, 0) is 11.3 Å². The zero-order valence-corrected chi connectivity index (χ0v) is 19.0. The van der Waals surface area contributed by atoms with E-state index in [1.807, 2.05) is 38.1 Å². The first-order valence-corrected chi connectivity index (χ1v) is 11.5. The third-order valence-electron chi connectivity index (χ3n) is 6.21. The number of hydrogen-bond donors (Lipinski definition) is 4. The minimum absolute atomic E-state index is 0.00210. The van der Waals surface area contributed by atoms with Crippen molar-refractivity contribution < 1.29 is 9.90 Å². The second kappa shape index (κ2) is 12.6. The molecule has 1 unspecified atom stereocenters. The summed E-state index contributed by atoms with van der Waals surface area (Å²) in [6.45, 7) is 8.43. The van der Waals surface area contributed by atoms with Crippen LogP contribution in [0.4, 0.5) is 5.69 Å². The lowest BCUT2D eigenvalue weighted by Gasteiger charge is -2.37. The maximum absolute atomic E-state index is 12.1. The number of aliphatic hydroxyl groups excluding tert-OH is 1. The van der Waals surface area contributed by atoms with Gasteiger partial charge in [0.2, 0.25) is 5.91 Å². The van der Waals surface area contributed by atoms with Crippen molar-refractivity contribution in [3.05, 3.63) is 29.8 Å². The minimum atomic E-state index is 0.00210. The first-order chi connectivity index (χ1) is 14.5. The molecule has 1 aromatic carbocycles. The van der Waals surface area contributed by atoms with Crippen molar-refractivity contribution in [1.82, 2.24) is 10.6 Å². The van der Waals surface area contributed by atoms with Crippen molar-refractivity contribution in [3.8, 4) is 0 Å². The van der Waals surface area contributed by atoms with Crippen LogP contribution in [0.15, 0.2) is 29.3 Å². The smallest absolute Gasteiger partial charge is 0.227 e. The highest BCUT2D eigenvalue weighted by molar-refractivity contribution is 5.92. The number of guanidine groups is 1. The van der Waals surface area contributed by atoms with Crippen molar-refractivity contribution in [1.29, 1.82) is 0 Å². The molecule has 1 aromatic rings. The summed E-state index contributed by atoms with van der Waals surface area (Å²) in [5.74, 6) is 0.853. The van der Waals surface area contributed by atoms with Gasteiger partial charge in [0.1, 0.15) is 0 Å². The molecule has 6 nitrogen and oxygen atoms in total. The SMILES string of the molecule is CCNC(=NCc1cccc(NC(=O)C(C)CC)c1)NCC1(CCO)CCCCC1. The number of nitrogens with zero attached hydrogens (tertiary/aromatic N) is 1. The lowest BCUT2D eigenvalue weighted by molar-refractivity contribution is -0.119.